The largest absolute Gasteiger partial charge is 0.457 e. The Hall–Kier alpha value is -2.94. The fourth-order valence-electron chi connectivity index (χ4n) is 6.21. The van der Waals surface area contributed by atoms with Gasteiger partial charge in [-0.2, -0.15) is 0 Å². The number of hydrogen-bond acceptors (Lipinski definition) is 3. The molecule has 2 saturated heterocycles. The van der Waals surface area contributed by atoms with E-state index >= 15 is 0 Å². The van der Waals surface area contributed by atoms with Gasteiger partial charge in [0, 0.05) is 66.7 Å². The van der Waals surface area contributed by atoms with Crippen LogP contribution in [-0.4, -0.2) is 26.2 Å². The summed E-state index contributed by atoms with van der Waals surface area (Å²) in [7, 11) is 4.17. The molecule has 0 radical (unpaired) electrons. The Morgan fingerprint density at radius 3 is 2.19 bits per heavy atom. The number of benzene rings is 3. The van der Waals surface area contributed by atoms with Crippen LogP contribution >= 0.6 is 0 Å². The van der Waals surface area contributed by atoms with Crippen molar-refractivity contribution in [2.75, 3.05) is 23.9 Å². The van der Waals surface area contributed by atoms with Crippen LogP contribution in [0.5, 0.6) is 11.5 Å². The first-order valence-corrected chi connectivity index (χ1v) is 12.1. The van der Waals surface area contributed by atoms with E-state index in [-0.39, 0.29) is 5.92 Å². The predicted molar refractivity (Wildman–Crippen MR) is 133 cm³/mol. The number of nitrogens with zero attached hydrogens (tertiary/aromatic N) is 2. The average molecular weight is 425 g/mol. The topological polar surface area (TPSA) is 15.7 Å². The molecule has 2 bridgehead atoms. The third kappa shape index (κ3) is 3.09. The van der Waals surface area contributed by atoms with Crippen LogP contribution in [0.25, 0.3) is 0 Å². The molecule has 6 rings (SSSR count). The van der Waals surface area contributed by atoms with E-state index in [0.717, 1.165) is 11.5 Å². The van der Waals surface area contributed by atoms with Crippen molar-refractivity contribution in [2.24, 2.45) is 0 Å². The van der Waals surface area contributed by atoms with Gasteiger partial charge < -0.3 is 14.5 Å². The zero-order valence-corrected chi connectivity index (χ0v) is 19.3. The molecule has 3 aliphatic heterocycles. The van der Waals surface area contributed by atoms with Gasteiger partial charge in [0.25, 0.3) is 0 Å². The minimum absolute atomic E-state index is 0.193. The van der Waals surface area contributed by atoms with Crippen LogP contribution in [0.2, 0.25) is 0 Å². The maximum absolute atomic E-state index is 6.63. The van der Waals surface area contributed by atoms with Crippen LogP contribution in [0.3, 0.4) is 0 Å². The summed E-state index contributed by atoms with van der Waals surface area (Å²) in [4.78, 5) is 4.84. The summed E-state index contributed by atoms with van der Waals surface area (Å²) < 4.78 is 6.63. The van der Waals surface area contributed by atoms with Crippen LogP contribution < -0.4 is 14.5 Å². The molecule has 3 heterocycles. The molecule has 0 amide bonds. The Morgan fingerprint density at radius 1 is 0.781 bits per heavy atom. The Bertz CT molecular complexity index is 1150. The van der Waals surface area contributed by atoms with Crippen molar-refractivity contribution < 1.29 is 4.74 Å². The van der Waals surface area contributed by atoms with E-state index in [0.29, 0.717) is 12.1 Å². The van der Waals surface area contributed by atoms with Gasteiger partial charge in [0.2, 0.25) is 0 Å². The van der Waals surface area contributed by atoms with E-state index in [9.17, 15) is 0 Å². The summed E-state index contributed by atoms with van der Waals surface area (Å²) in [5, 5.41) is 0. The lowest BCUT2D eigenvalue weighted by atomic mass is 9.80. The first-order valence-electron chi connectivity index (χ1n) is 12.1. The van der Waals surface area contributed by atoms with Gasteiger partial charge in [-0.05, 0) is 62.3 Å². The molecule has 3 heteroatoms. The van der Waals surface area contributed by atoms with E-state index in [4.69, 9.17) is 4.74 Å². The van der Waals surface area contributed by atoms with Crippen molar-refractivity contribution in [1.82, 2.24) is 0 Å². The average Bonchev–Trinajstić information content (AvgIpc) is 3.05. The highest BCUT2D eigenvalue weighted by atomic mass is 16.5. The number of piperidine rings is 1. The molecule has 0 aromatic heterocycles. The van der Waals surface area contributed by atoms with Gasteiger partial charge in [-0.15, -0.1) is 0 Å². The smallest absolute Gasteiger partial charge is 0.133 e. The van der Waals surface area contributed by atoms with Gasteiger partial charge in [0.1, 0.15) is 11.5 Å². The molecule has 0 spiro atoms. The summed E-state index contributed by atoms with van der Waals surface area (Å²) in [6, 6.07) is 23.9. The molecule has 3 aromatic carbocycles. The second-order valence-electron chi connectivity index (χ2n) is 9.95. The van der Waals surface area contributed by atoms with E-state index in [1.807, 2.05) is 0 Å². The summed E-state index contributed by atoms with van der Waals surface area (Å²) >= 11 is 0. The van der Waals surface area contributed by atoms with Crippen molar-refractivity contribution in [1.29, 1.82) is 0 Å². The molecule has 0 aliphatic carbocycles. The van der Waals surface area contributed by atoms with E-state index in [1.54, 1.807) is 0 Å². The second kappa shape index (κ2) is 7.58. The number of aryl methyl sites for hydroxylation is 1. The van der Waals surface area contributed by atoms with Crippen molar-refractivity contribution in [3.63, 3.8) is 0 Å². The highest BCUT2D eigenvalue weighted by molar-refractivity contribution is 5.67. The summed E-state index contributed by atoms with van der Waals surface area (Å²) in [5.74, 6) is 2.19. The number of hydrogen-bond donors (Lipinski definition) is 0. The molecule has 2 fully saturated rings. The summed E-state index contributed by atoms with van der Waals surface area (Å²) in [6.45, 7) is 2.22. The van der Waals surface area contributed by atoms with Crippen molar-refractivity contribution in [3.05, 3.63) is 82.9 Å². The van der Waals surface area contributed by atoms with Crippen molar-refractivity contribution in [3.8, 4) is 11.5 Å². The Morgan fingerprint density at radius 2 is 1.47 bits per heavy atom. The molecule has 32 heavy (non-hydrogen) atoms. The normalized spacial score (nSPS) is 23.3. The summed E-state index contributed by atoms with van der Waals surface area (Å²) in [6.07, 6.45) is 6.71. The van der Waals surface area contributed by atoms with Gasteiger partial charge >= 0.3 is 0 Å². The van der Waals surface area contributed by atoms with Crippen LogP contribution in [-0.2, 0) is 0 Å². The number of ether oxygens (including phenoxy) is 1. The van der Waals surface area contributed by atoms with Gasteiger partial charge in [-0.3, -0.25) is 0 Å². The van der Waals surface area contributed by atoms with E-state index < -0.39 is 0 Å². The van der Waals surface area contributed by atoms with Crippen LogP contribution in [0, 0.1) is 6.92 Å². The van der Waals surface area contributed by atoms with Gasteiger partial charge in [0.15, 0.2) is 0 Å². The minimum Gasteiger partial charge on any atom is -0.457 e. The lowest BCUT2D eigenvalue weighted by molar-refractivity contribution is 0.448. The molecular formula is C29H32N2O. The standard InChI is InChI=1S/C29H32N2O/c1-19-7-4-5-10-24(19)29-25-15-13-22(30(2)3)17-27(25)32-28-18-23(14-16-26(28)29)31-20-8-6-9-21(31)12-11-20/h4-5,7,10,13-18,20-21,29H,6,8-9,11-12H2,1-3H3. The second-order valence-corrected chi connectivity index (χ2v) is 9.95. The highest BCUT2D eigenvalue weighted by Crippen LogP contribution is 2.50. The molecule has 164 valence electrons. The molecule has 3 nitrogen and oxygen atoms in total. The van der Waals surface area contributed by atoms with Crippen LogP contribution in [0.1, 0.15) is 60.3 Å². The molecular weight excluding hydrogens is 392 g/mol. The SMILES string of the molecule is Cc1ccccc1C1c2ccc(N(C)C)cc2Oc2cc(N3C4CCCC3CC4)ccc21. The predicted octanol–water partition coefficient (Wildman–Crippen LogP) is 6.87. The summed E-state index contributed by atoms with van der Waals surface area (Å²) in [5.41, 5.74) is 7.72. The van der Waals surface area contributed by atoms with Crippen molar-refractivity contribution >= 4 is 11.4 Å². The zero-order chi connectivity index (χ0) is 21.8. The van der Waals surface area contributed by atoms with Crippen LogP contribution in [0.4, 0.5) is 11.4 Å². The fraction of sp³-hybridized carbons (Fsp3) is 0.379. The fourth-order valence-corrected chi connectivity index (χ4v) is 6.21. The molecule has 3 unspecified atom stereocenters. The Balaban J connectivity index is 1.49. The van der Waals surface area contributed by atoms with Gasteiger partial charge in [-0.1, -0.05) is 36.4 Å². The lowest BCUT2D eigenvalue weighted by Crippen LogP contribution is -2.39. The third-order valence-corrected chi connectivity index (χ3v) is 7.84. The Labute approximate surface area is 191 Å². The Kier molecular flexibility index (Phi) is 4.67. The molecule has 3 atom stereocenters. The first kappa shape index (κ1) is 19.7. The number of fused-ring (bicyclic) bond motifs is 4. The van der Waals surface area contributed by atoms with Gasteiger partial charge in [-0.25, -0.2) is 0 Å². The molecule has 0 saturated carbocycles. The van der Waals surface area contributed by atoms with Crippen LogP contribution in [0.15, 0.2) is 60.7 Å². The lowest BCUT2D eigenvalue weighted by Gasteiger charge is -2.38. The zero-order valence-electron chi connectivity index (χ0n) is 19.3. The molecule has 3 aliphatic rings. The number of rotatable bonds is 3. The number of anilines is 2. The molecule has 0 N–H and O–H groups in total. The van der Waals surface area contributed by atoms with Gasteiger partial charge in [0.05, 0.1) is 0 Å². The van der Waals surface area contributed by atoms with Crippen molar-refractivity contribution in [2.45, 2.75) is 57.0 Å². The first-order chi connectivity index (χ1) is 15.6. The maximum Gasteiger partial charge on any atom is 0.133 e. The minimum atomic E-state index is 0.193. The highest BCUT2D eigenvalue weighted by Gasteiger charge is 2.37. The monoisotopic (exact) mass is 424 g/mol. The van der Waals surface area contributed by atoms with E-state index in [2.05, 4.69) is 91.5 Å². The maximum atomic E-state index is 6.63. The van der Waals surface area contributed by atoms with E-state index in [1.165, 1.54) is 65.7 Å². The third-order valence-electron chi connectivity index (χ3n) is 7.84. The quantitative estimate of drug-likeness (QED) is 0.357. The molecule has 3 aromatic rings.